The minimum absolute atomic E-state index is 0.207. The molecular weight excluding hydrogens is 226 g/mol. The van der Waals surface area contributed by atoms with Crippen molar-refractivity contribution < 1.29 is 5.11 Å². The topological polar surface area (TPSA) is 38.7 Å². The van der Waals surface area contributed by atoms with Crippen LogP contribution in [-0.2, 0) is 0 Å². The summed E-state index contributed by atoms with van der Waals surface area (Å²) in [5.74, 6) is 0. The van der Waals surface area contributed by atoms with Gasteiger partial charge in [-0.1, -0.05) is 13.8 Å². The van der Waals surface area contributed by atoms with Gasteiger partial charge in [0.1, 0.15) is 0 Å². The van der Waals surface area contributed by atoms with E-state index in [0.29, 0.717) is 0 Å². The van der Waals surface area contributed by atoms with E-state index in [4.69, 9.17) is 0 Å². The first kappa shape index (κ1) is 15.9. The first-order valence-corrected chi connectivity index (χ1v) is 7.59. The van der Waals surface area contributed by atoms with E-state index in [-0.39, 0.29) is 6.10 Å². The first-order chi connectivity index (χ1) is 8.76. The zero-order chi connectivity index (χ0) is 13.2. The summed E-state index contributed by atoms with van der Waals surface area (Å²) in [5, 5.41) is 13.6. The van der Waals surface area contributed by atoms with Gasteiger partial charge in [0.05, 0.1) is 6.10 Å². The maximum atomic E-state index is 10.2. The van der Waals surface area contributed by atoms with Crippen molar-refractivity contribution in [1.82, 2.24) is 15.1 Å². The van der Waals surface area contributed by atoms with E-state index in [1.54, 1.807) is 0 Å². The van der Waals surface area contributed by atoms with Crippen LogP contribution < -0.4 is 5.32 Å². The van der Waals surface area contributed by atoms with Crippen molar-refractivity contribution in [3.05, 3.63) is 0 Å². The molecule has 0 aliphatic carbocycles. The highest BCUT2D eigenvalue weighted by Crippen LogP contribution is 2.01. The van der Waals surface area contributed by atoms with Crippen LogP contribution in [0.2, 0.25) is 0 Å². The number of hydrogen-bond donors (Lipinski definition) is 2. The number of nitrogens with zero attached hydrogens (tertiary/aromatic N) is 2. The van der Waals surface area contributed by atoms with Crippen LogP contribution in [0, 0.1) is 0 Å². The molecule has 0 amide bonds. The number of hydrogen-bond acceptors (Lipinski definition) is 4. The Bertz CT molecular complexity index is 183. The van der Waals surface area contributed by atoms with Gasteiger partial charge in [-0.2, -0.15) is 0 Å². The maximum Gasteiger partial charge on any atom is 0.0793 e. The van der Waals surface area contributed by atoms with E-state index in [9.17, 15) is 5.11 Å². The van der Waals surface area contributed by atoms with Crippen molar-refractivity contribution in [3.8, 4) is 0 Å². The van der Waals surface area contributed by atoms with Crippen molar-refractivity contribution >= 4 is 0 Å². The molecule has 0 spiro atoms. The van der Waals surface area contributed by atoms with Crippen LogP contribution in [0.3, 0.4) is 0 Å². The smallest absolute Gasteiger partial charge is 0.0793 e. The number of aliphatic hydroxyl groups excluding tert-OH is 1. The molecule has 108 valence electrons. The van der Waals surface area contributed by atoms with Crippen LogP contribution in [0.1, 0.15) is 33.1 Å². The molecule has 1 atom stereocenters. The number of aliphatic hydroxyl groups is 1. The van der Waals surface area contributed by atoms with Crippen LogP contribution >= 0.6 is 0 Å². The molecule has 1 unspecified atom stereocenters. The molecule has 1 fully saturated rings. The SMILES string of the molecule is CCCN(CCC)CC(O)CN1CCCNCC1. The van der Waals surface area contributed by atoms with E-state index >= 15 is 0 Å². The van der Waals surface area contributed by atoms with Gasteiger partial charge in [-0.05, 0) is 45.4 Å². The van der Waals surface area contributed by atoms with Gasteiger partial charge in [0.25, 0.3) is 0 Å². The van der Waals surface area contributed by atoms with Crippen molar-refractivity contribution in [2.75, 3.05) is 52.4 Å². The van der Waals surface area contributed by atoms with Gasteiger partial charge in [0.15, 0.2) is 0 Å². The predicted molar refractivity (Wildman–Crippen MR) is 77.0 cm³/mol. The second-order valence-electron chi connectivity index (χ2n) is 5.36. The normalized spacial score (nSPS) is 20.0. The lowest BCUT2D eigenvalue weighted by Gasteiger charge is -2.28. The van der Waals surface area contributed by atoms with Crippen LogP contribution in [0.5, 0.6) is 0 Å². The third-order valence-corrected chi connectivity index (χ3v) is 3.45. The van der Waals surface area contributed by atoms with E-state index in [1.807, 2.05) is 0 Å². The van der Waals surface area contributed by atoms with E-state index in [1.165, 1.54) is 19.3 Å². The fraction of sp³-hybridized carbons (Fsp3) is 1.00. The van der Waals surface area contributed by atoms with Crippen LogP contribution in [0.15, 0.2) is 0 Å². The minimum atomic E-state index is -0.207. The van der Waals surface area contributed by atoms with Gasteiger partial charge in [-0.15, -0.1) is 0 Å². The Morgan fingerprint density at radius 2 is 1.89 bits per heavy atom. The van der Waals surface area contributed by atoms with Gasteiger partial charge in [0.2, 0.25) is 0 Å². The van der Waals surface area contributed by atoms with Gasteiger partial charge < -0.3 is 15.3 Å². The van der Waals surface area contributed by atoms with E-state index in [2.05, 4.69) is 29.0 Å². The molecule has 1 rings (SSSR count). The van der Waals surface area contributed by atoms with Crippen molar-refractivity contribution in [3.63, 3.8) is 0 Å². The van der Waals surface area contributed by atoms with Crippen molar-refractivity contribution in [2.45, 2.75) is 39.2 Å². The molecule has 4 nitrogen and oxygen atoms in total. The average molecular weight is 257 g/mol. The van der Waals surface area contributed by atoms with Crippen LogP contribution in [0.25, 0.3) is 0 Å². The Balaban J connectivity index is 2.26. The number of nitrogens with one attached hydrogen (secondary N) is 1. The van der Waals surface area contributed by atoms with E-state index in [0.717, 1.165) is 52.4 Å². The third kappa shape index (κ3) is 6.69. The Hall–Kier alpha value is -0.160. The summed E-state index contributed by atoms with van der Waals surface area (Å²) in [6.07, 6.45) is 3.32. The van der Waals surface area contributed by atoms with Crippen molar-refractivity contribution in [2.24, 2.45) is 0 Å². The van der Waals surface area contributed by atoms with Gasteiger partial charge >= 0.3 is 0 Å². The summed E-state index contributed by atoms with van der Waals surface area (Å²) in [6, 6.07) is 0. The molecule has 0 aromatic rings. The molecule has 1 heterocycles. The molecule has 18 heavy (non-hydrogen) atoms. The first-order valence-electron chi connectivity index (χ1n) is 7.59. The summed E-state index contributed by atoms with van der Waals surface area (Å²) < 4.78 is 0. The van der Waals surface area contributed by atoms with Gasteiger partial charge in [0, 0.05) is 26.2 Å². The monoisotopic (exact) mass is 257 g/mol. The average Bonchev–Trinajstić information content (AvgIpc) is 2.58. The highest BCUT2D eigenvalue weighted by molar-refractivity contribution is 4.72. The lowest BCUT2D eigenvalue weighted by molar-refractivity contribution is 0.0757. The lowest BCUT2D eigenvalue weighted by Crippen LogP contribution is -2.42. The molecule has 0 saturated carbocycles. The van der Waals surface area contributed by atoms with Gasteiger partial charge in [-0.25, -0.2) is 0 Å². The maximum absolute atomic E-state index is 10.2. The largest absolute Gasteiger partial charge is 0.390 e. The summed E-state index contributed by atoms with van der Waals surface area (Å²) >= 11 is 0. The highest BCUT2D eigenvalue weighted by Gasteiger charge is 2.15. The molecule has 1 saturated heterocycles. The fourth-order valence-corrected chi connectivity index (χ4v) is 2.66. The zero-order valence-electron chi connectivity index (χ0n) is 12.2. The molecule has 4 heteroatoms. The molecule has 1 aliphatic heterocycles. The molecule has 2 N–H and O–H groups in total. The Morgan fingerprint density at radius 1 is 1.17 bits per heavy atom. The second kappa shape index (κ2) is 9.73. The highest BCUT2D eigenvalue weighted by atomic mass is 16.3. The third-order valence-electron chi connectivity index (χ3n) is 3.45. The Labute approximate surface area is 112 Å². The molecule has 1 aliphatic rings. The Kier molecular flexibility index (Phi) is 8.59. The number of rotatable bonds is 8. The zero-order valence-corrected chi connectivity index (χ0v) is 12.2. The van der Waals surface area contributed by atoms with Gasteiger partial charge in [-0.3, -0.25) is 4.90 Å². The molecule has 0 aromatic heterocycles. The van der Waals surface area contributed by atoms with E-state index < -0.39 is 0 Å². The molecule has 0 radical (unpaired) electrons. The molecular formula is C14H31N3O. The van der Waals surface area contributed by atoms with Crippen molar-refractivity contribution in [1.29, 1.82) is 0 Å². The molecule has 0 aromatic carbocycles. The predicted octanol–water partition coefficient (Wildman–Crippen LogP) is 0.765. The lowest BCUT2D eigenvalue weighted by atomic mass is 10.2. The number of β-amino-alcohol motifs (C(OH)–C–C–N with tert-alkyl or cyclic N) is 1. The standard InChI is InChI=1S/C14H31N3O/c1-3-8-16(9-4-2)12-14(18)13-17-10-5-6-15-7-11-17/h14-15,18H,3-13H2,1-2H3. The molecule has 0 bridgehead atoms. The van der Waals surface area contributed by atoms with Crippen LogP contribution in [0.4, 0.5) is 0 Å². The summed E-state index contributed by atoms with van der Waals surface area (Å²) in [6.45, 7) is 12.6. The van der Waals surface area contributed by atoms with Crippen LogP contribution in [-0.4, -0.2) is 73.4 Å². The second-order valence-corrected chi connectivity index (χ2v) is 5.36. The quantitative estimate of drug-likeness (QED) is 0.673. The fourth-order valence-electron chi connectivity index (χ4n) is 2.66. The Morgan fingerprint density at radius 3 is 2.56 bits per heavy atom. The minimum Gasteiger partial charge on any atom is -0.390 e. The summed E-state index contributed by atoms with van der Waals surface area (Å²) in [5.41, 5.74) is 0. The summed E-state index contributed by atoms with van der Waals surface area (Å²) in [4.78, 5) is 4.78. The summed E-state index contributed by atoms with van der Waals surface area (Å²) in [7, 11) is 0.